The SMILES string of the molecule is O=[N+]([O-])c1cccnc1Nc1ccnc(C(F)(F)F)c1. The molecular formula is C11H7F3N4O2. The molecule has 104 valence electrons. The molecule has 0 aliphatic rings. The van der Waals surface area contributed by atoms with Crippen LogP contribution in [0.25, 0.3) is 0 Å². The van der Waals surface area contributed by atoms with E-state index in [2.05, 4.69) is 15.3 Å². The molecule has 2 aromatic rings. The molecule has 0 saturated heterocycles. The Morgan fingerprint density at radius 2 is 1.95 bits per heavy atom. The molecule has 0 amide bonds. The fraction of sp³-hybridized carbons (Fsp3) is 0.0909. The first-order chi connectivity index (χ1) is 9.38. The highest BCUT2D eigenvalue weighted by Crippen LogP contribution is 2.30. The fourth-order valence-corrected chi connectivity index (χ4v) is 1.44. The number of hydrogen-bond acceptors (Lipinski definition) is 5. The Labute approximate surface area is 110 Å². The lowest BCUT2D eigenvalue weighted by Crippen LogP contribution is -2.08. The quantitative estimate of drug-likeness (QED) is 0.691. The van der Waals surface area contributed by atoms with Crippen molar-refractivity contribution < 1.29 is 18.1 Å². The molecule has 20 heavy (non-hydrogen) atoms. The molecule has 0 aliphatic heterocycles. The molecule has 0 radical (unpaired) electrons. The normalized spacial score (nSPS) is 11.2. The van der Waals surface area contributed by atoms with Crippen LogP contribution in [0.3, 0.4) is 0 Å². The van der Waals surface area contributed by atoms with Gasteiger partial charge in [-0.2, -0.15) is 13.2 Å². The van der Waals surface area contributed by atoms with Gasteiger partial charge < -0.3 is 5.32 Å². The van der Waals surface area contributed by atoms with Crippen LogP contribution in [0.15, 0.2) is 36.7 Å². The predicted octanol–water partition coefficient (Wildman–Crippen LogP) is 3.15. The van der Waals surface area contributed by atoms with Gasteiger partial charge in [-0.3, -0.25) is 15.1 Å². The average molecular weight is 284 g/mol. The summed E-state index contributed by atoms with van der Waals surface area (Å²) in [6, 6.07) is 4.56. The van der Waals surface area contributed by atoms with Crippen molar-refractivity contribution in [1.82, 2.24) is 9.97 Å². The highest BCUT2D eigenvalue weighted by molar-refractivity contribution is 5.65. The molecule has 0 saturated carbocycles. The summed E-state index contributed by atoms with van der Waals surface area (Å²) in [5.74, 6) is -0.142. The van der Waals surface area contributed by atoms with E-state index < -0.39 is 16.8 Å². The van der Waals surface area contributed by atoms with Crippen LogP contribution in [0, 0.1) is 10.1 Å². The average Bonchev–Trinajstić information content (AvgIpc) is 2.38. The van der Waals surface area contributed by atoms with Crippen molar-refractivity contribution in [2.75, 3.05) is 5.32 Å². The summed E-state index contributed by atoms with van der Waals surface area (Å²) in [7, 11) is 0. The third-order valence-corrected chi connectivity index (χ3v) is 2.30. The second-order valence-electron chi connectivity index (χ2n) is 3.68. The Morgan fingerprint density at radius 1 is 1.20 bits per heavy atom. The van der Waals surface area contributed by atoms with E-state index >= 15 is 0 Å². The van der Waals surface area contributed by atoms with Gasteiger partial charge in [0.25, 0.3) is 0 Å². The molecule has 0 bridgehead atoms. The van der Waals surface area contributed by atoms with Crippen molar-refractivity contribution in [2.24, 2.45) is 0 Å². The molecule has 9 heteroatoms. The minimum atomic E-state index is -4.59. The van der Waals surface area contributed by atoms with Gasteiger partial charge in [0.2, 0.25) is 5.82 Å². The first-order valence-corrected chi connectivity index (χ1v) is 5.27. The van der Waals surface area contributed by atoms with Crippen LogP contribution in [0.2, 0.25) is 0 Å². The molecule has 1 N–H and O–H groups in total. The maximum atomic E-state index is 12.5. The molecule has 0 unspecified atom stereocenters. The summed E-state index contributed by atoms with van der Waals surface area (Å²) in [4.78, 5) is 17.0. The molecule has 2 aromatic heterocycles. The van der Waals surface area contributed by atoms with E-state index in [0.29, 0.717) is 0 Å². The van der Waals surface area contributed by atoms with Gasteiger partial charge in [0, 0.05) is 24.1 Å². The van der Waals surface area contributed by atoms with E-state index in [-0.39, 0.29) is 17.2 Å². The topological polar surface area (TPSA) is 81.0 Å². The highest BCUT2D eigenvalue weighted by Gasteiger charge is 2.32. The number of nitrogens with one attached hydrogen (secondary N) is 1. The Kier molecular flexibility index (Phi) is 3.51. The minimum absolute atomic E-state index is 0.00845. The van der Waals surface area contributed by atoms with Gasteiger partial charge in [-0.15, -0.1) is 0 Å². The number of rotatable bonds is 3. The monoisotopic (exact) mass is 284 g/mol. The number of aromatic nitrogens is 2. The second kappa shape index (κ2) is 5.11. The molecular weight excluding hydrogens is 277 g/mol. The summed E-state index contributed by atoms with van der Waals surface area (Å²) < 4.78 is 37.5. The van der Waals surface area contributed by atoms with Crippen molar-refractivity contribution in [2.45, 2.75) is 6.18 Å². The van der Waals surface area contributed by atoms with Crippen LogP contribution in [-0.4, -0.2) is 14.9 Å². The van der Waals surface area contributed by atoms with Crippen molar-refractivity contribution in [3.8, 4) is 0 Å². The van der Waals surface area contributed by atoms with Gasteiger partial charge in [0.15, 0.2) is 0 Å². The first kappa shape index (κ1) is 13.7. The fourth-order valence-electron chi connectivity index (χ4n) is 1.44. The van der Waals surface area contributed by atoms with Crippen LogP contribution < -0.4 is 5.32 Å². The van der Waals surface area contributed by atoms with Gasteiger partial charge in [0.05, 0.1) is 4.92 Å². The molecule has 6 nitrogen and oxygen atoms in total. The Hall–Kier alpha value is -2.71. The third kappa shape index (κ3) is 2.99. The molecule has 0 atom stereocenters. The predicted molar refractivity (Wildman–Crippen MR) is 63.4 cm³/mol. The Bertz CT molecular complexity index is 646. The number of hydrogen-bond donors (Lipinski definition) is 1. The van der Waals surface area contributed by atoms with Crippen molar-refractivity contribution in [3.63, 3.8) is 0 Å². The molecule has 0 spiro atoms. The maximum absolute atomic E-state index is 12.5. The molecule has 0 fully saturated rings. The highest BCUT2D eigenvalue weighted by atomic mass is 19.4. The van der Waals surface area contributed by atoms with Crippen LogP contribution >= 0.6 is 0 Å². The van der Waals surface area contributed by atoms with E-state index in [1.165, 1.54) is 24.4 Å². The van der Waals surface area contributed by atoms with Crippen molar-refractivity contribution >= 4 is 17.2 Å². The van der Waals surface area contributed by atoms with E-state index in [1.54, 1.807) is 0 Å². The lowest BCUT2D eigenvalue weighted by molar-refractivity contribution is -0.384. The molecule has 2 heterocycles. The van der Waals surface area contributed by atoms with Gasteiger partial charge in [-0.1, -0.05) is 0 Å². The van der Waals surface area contributed by atoms with E-state index in [0.717, 1.165) is 12.3 Å². The third-order valence-electron chi connectivity index (χ3n) is 2.30. The summed E-state index contributed by atoms with van der Waals surface area (Å²) in [6.45, 7) is 0. The van der Waals surface area contributed by atoms with Crippen LogP contribution in [0.4, 0.5) is 30.4 Å². The largest absolute Gasteiger partial charge is 0.433 e. The number of halogens is 3. The zero-order valence-corrected chi connectivity index (χ0v) is 9.76. The van der Waals surface area contributed by atoms with Crippen LogP contribution in [0.5, 0.6) is 0 Å². The van der Waals surface area contributed by atoms with Gasteiger partial charge in [-0.05, 0) is 18.2 Å². The van der Waals surface area contributed by atoms with Crippen LogP contribution in [0.1, 0.15) is 5.69 Å². The summed E-state index contributed by atoms with van der Waals surface area (Å²) >= 11 is 0. The summed E-state index contributed by atoms with van der Waals surface area (Å²) in [5.41, 5.74) is -1.42. The van der Waals surface area contributed by atoms with Gasteiger partial charge >= 0.3 is 11.9 Å². The zero-order valence-electron chi connectivity index (χ0n) is 9.76. The first-order valence-electron chi connectivity index (χ1n) is 5.27. The van der Waals surface area contributed by atoms with Crippen molar-refractivity contribution in [3.05, 3.63) is 52.5 Å². The van der Waals surface area contributed by atoms with Gasteiger partial charge in [0.1, 0.15) is 5.69 Å². The number of nitro groups is 1. The smallest absolute Gasteiger partial charge is 0.334 e. The molecule has 2 rings (SSSR count). The zero-order chi connectivity index (χ0) is 14.8. The number of nitrogens with zero attached hydrogens (tertiary/aromatic N) is 3. The number of alkyl halides is 3. The van der Waals surface area contributed by atoms with E-state index in [4.69, 9.17) is 0 Å². The molecule has 0 aliphatic carbocycles. The Morgan fingerprint density at radius 3 is 2.60 bits per heavy atom. The number of pyridine rings is 2. The molecule has 0 aromatic carbocycles. The standard InChI is InChI=1S/C11H7F3N4O2/c12-11(13,14)9-6-7(3-5-15-9)17-10-8(18(19)20)2-1-4-16-10/h1-6H,(H,15,16,17). The van der Waals surface area contributed by atoms with E-state index in [9.17, 15) is 23.3 Å². The second-order valence-corrected chi connectivity index (χ2v) is 3.68. The Balaban J connectivity index is 2.34. The van der Waals surface area contributed by atoms with E-state index in [1.807, 2.05) is 0 Å². The number of anilines is 2. The minimum Gasteiger partial charge on any atom is -0.334 e. The van der Waals surface area contributed by atoms with Gasteiger partial charge in [-0.25, -0.2) is 4.98 Å². The maximum Gasteiger partial charge on any atom is 0.433 e. The van der Waals surface area contributed by atoms with Crippen molar-refractivity contribution in [1.29, 1.82) is 0 Å². The lowest BCUT2D eigenvalue weighted by Gasteiger charge is -2.09. The lowest BCUT2D eigenvalue weighted by atomic mass is 10.3. The summed E-state index contributed by atoms with van der Waals surface area (Å²) in [6.07, 6.45) is -2.34. The summed E-state index contributed by atoms with van der Waals surface area (Å²) in [5, 5.41) is 13.2. The van der Waals surface area contributed by atoms with Crippen LogP contribution in [-0.2, 0) is 6.18 Å².